The smallest absolute Gasteiger partial charge is 0.387 e. The van der Waals surface area contributed by atoms with Crippen molar-refractivity contribution in [1.82, 2.24) is 10.2 Å². The van der Waals surface area contributed by atoms with Crippen LogP contribution in [0.5, 0.6) is 5.75 Å². The molecule has 1 unspecified atom stereocenters. The lowest BCUT2D eigenvalue weighted by Crippen LogP contribution is -2.51. The minimum absolute atomic E-state index is 0.00289. The van der Waals surface area contributed by atoms with E-state index in [9.17, 15) is 13.6 Å². The van der Waals surface area contributed by atoms with Gasteiger partial charge in [-0.15, -0.1) is 0 Å². The monoisotopic (exact) mass is 473 g/mol. The van der Waals surface area contributed by atoms with E-state index >= 15 is 0 Å². The second kappa shape index (κ2) is 9.84. The van der Waals surface area contributed by atoms with Gasteiger partial charge in [0.1, 0.15) is 5.75 Å². The van der Waals surface area contributed by atoms with Crippen molar-refractivity contribution in [3.8, 4) is 5.75 Å². The first-order valence-corrected chi connectivity index (χ1v) is 11.1. The van der Waals surface area contributed by atoms with Gasteiger partial charge in [-0.1, -0.05) is 30.3 Å². The number of rotatable bonds is 5. The van der Waals surface area contributed by atoms with Crippen molar-refractivity contribution in [3.63, 3.8) is 0 Å². The number of carbonyl (C=O) groups excluding carboxylic acids is 1. The summed E-state index contributed by atoms with van der Waals surface area (Å²) in [5.41, 5.74) is 3.34. The summed E-state index contributed by atoms with van der Waals surface area (Å²) in [4.78, 5) is 17.3. The highest BCUT2D eigenvalue weighted by molar-refractivity contribution is 7.80. The molecule has 9 heteroatoms. The number of nitrogens with zero attached hydrogens (tertiary/aromatic N) is 2. The molecule has 0 spiro atoms. The van der Waals surface area contributed by atoms with Crippen LogP contribution in [0.15, 0.2) is 59.8 Å². The topological polar surface area (TPSA) is 54.0 Å². The molecular formula is C24H25F2N3O3S. The molecule has 1 atom stereocenters. The number of para-hydroxylation sites is 1. The van der Waals surface area contributed by atoms with Gasteiger partial charge in [0.15, 0.2) is 5.11 Å². The van der Waals surface area contributed by atoms with Crippen molar-refractivity contribution < 1.29 is 23.0 Å². The number of morpholine rings is 1. The van der Waals surface area contributed by atoms with E-state index in [2.05, 4.69) is 5.32 Å². The van der Waals surface area contributed by atoms with Crippen LogP contribution in [0.1, 0.15) is 24.1 Å². The summed E-state index contributed by atoms with van der Waals surface area (Å²) in [6.07, 6.45) is 0. The summed E-state index contributed by atoms with van der Waals surface area (Å²) >= 11 is 5.68. The van der Waals surface area contributed by atoms with Crippen LogP contribution in [0.25, 0.3) is 0 Å². The molecule has 2 aromatic carbocycles. The number of ether oxygens (including phenoxy) is 2. The summed E-state index contributed by atoms with van der Waals surface area (Å²) in [5, 5.41) is 3.58. The Hall–Kier alpha value is -3.04. The average molecular weight is 474 g/mol. The number of aryl methyl sites for hydroxylation is 1. The number of anilines is 1. The SMILES string of the molecule is CC1=C(C(=O)N2CCOCC2)C(c2ccccc2OC(F)F)NC(=S)N1c1cccc(C)c1. The molecule has 1 amide bonds. The van der Waals surface area contributed by atoms with Gasteiger partial charge in [0, 0.05) is 30.0 Å². The van der Waals surface area contributed by atoms with Gasteiger partial charge in [0.2, 0.25) is 0 Å². The van der Waals surface area contributed by atoms with Gasteiger partial charge in [-0.05, 0) is 49.8 Å². The fourth-order valence-electron chi connectivity index (χ4n) is 4.19. The van der Waals surface area contributed by atoms with Crippen LogP contribution in [0.3, 0.4) is 0 Å². The highest BCUT2D eigenvalue weighted by Crippen LogP contribution is 2.38. The second-order valence-electron chi connectivity index (χ2n) is 7.88. The highest BCUT2D eigenvalue weighted by atomic mass is 32.1. The summed E-state index contributed by atoms with van der Waals surface area (Å²) in [6, 6.07) is 13.5. The number of thiocarbonyl (C=S) groups is 1. The van der Waals surface area contributed by atoms with Gasteiger partial charge in [0.25, 0.3) is 5.91 Å². The Bertz CT molecular complexity index is 1090. The molecule has 4 rings (SSSR count). The predicted molar refractivity (Wildman–Crippen MR) is 125 cm³/mol. The number of amides is 1. The molecule has 1 fully saturated rings. The van der Waals surface area contributed by atoms with Gasteiger partial charge < -0.3 is 19.7 Å². The van der Waals surface area contributed by atoms with Crippen molar-refractivity contribution >= 4 is 28.9 Å². The Balaban J connectivity index is 1.84. The molecule has 174 valence electrons. The molecule has 0 radical (unpaired) electrons. The average Bonchev–Trinajstić information content (AvgIpc) is 2.79. The van der Waals surface area contributed by atoms with E-state index in [0.717, 1.165) is 11.3 Å². The third kappa shape index (κ3) is 4.84. The molecular weight excluding hydrogens is 448 g/mol. The van der Waals surface area contributed by atoms with Crippen LogP contribution in [-0.2, 0) is 9.53 Å². The van der Waals surface area contributed by atoms with E-state index < -0.39 is 12.7 Å². The van der Waals surface area contributed by atoms with Gasteiger partial charge >= 0.3 is 6.61 Å². The lowest BCUT2D eigenvalue weighted by molar-refractivity contribution is -0.131. The molecule has 0 bridgehead atoms. The fourth-order valence-corrected chi connectivity index (χ4v) is 4.55. The molecule has 0 saturated carbocycles. The fraction of sp³-hybridized carbons (Fsp3) is 0.333. The highest BCUT2D eigenvalue weighted by Gasteiger charge is 2.38. The summed E-state index contributed by atoms with van der Waals surface area (Å²) in [7, 11) is 0. The minimum atomic E-state index is -2.99. The molecule has 1 saturated heterocycles. The molecule has 0 aromatic heterocycles. The van der Waals surface area contributed by atoms with Crippen LogP contribution in [0.4, 0.5) is 14.5 Å². The van der Waals surface area contributed by atoms with Crippen molar-refractivity contribution in [1.29, 1.82) is 0 Å². The third-order valence-electron chi connectivity index (χ3n) is 5.72. The van der Waals surface area contributed by atoms with Crippen LogP contribution in [0, 0.1) is 6.92 Å². The van der Waals surface area contributed by atoms with Gasteiger partial charge in [-0.2, -0.15) is 8.78 Å². The van der Waals surface area contributed by atoms with Crippen LogP contribution < -0.4 is 15.0 Å². The maximum atomic E-state index is 13.7. The van der Waals surface area contributed by atoms with Gasteiger partial charge in [-0.25, -0.2) is 0 Å². The van der Waals surface area contributed by atoms with Crippen molar-refractivity contribution in [2.24, 2.45) is 0 Å². The quantitative estimate of drug-likeness (QED) is 0.658. The molecule has 1 N–H and O–H groups in total. The lowest BCUT2D eigenvalue weighted by Gasteiger charge is -2.40. The number of alkyl halides is 2. The number of nitrogens with one attached hydrogen (secondary N) is 1. The summed E-state index contributed by atoms with van der Waals surface area (Å²) in [5.74, 6) is -0.197. The Morgan fingerprint density at radius 1 is 1.15 bits per heavy atom. The first kappa shape index (κ1) is 23.1. The van der Waals surface area contributed by atoms with E-state index in [0.29, 0.717) is 48.2 Å². The molecule has 2 aliphatic heterocycles. The summed E-state index contributed by atoms with van der Waals surface area (Å²) in [6.45, 7) is 2.60. The molecule has 6 nitrogen and oxygen atoms in total. The number of allylic oxidation sites excluding steroid dienone is 1. The molecule has 2 heterocycles. The first-order chi connectivity index (χ1) is 15.9. The van der Waals surface area contributed by atoms with E-state index in [4.69, 9.17) is 21.7 Å². The normalized spacial score (nSPS) is 19.1. The van der Waals surface area contributed by atoms with Crippen LogP contribution >= 0.6 is 12.2 Å². The Morgan fingerprint density at radius 2 is 1.88 bits per heavy atom. The number of halogens is 2. The molecule has 0 aliphatic carbocycles. The van der Waals surface area contributed by atoms with Gasteiger partial charge in [-0.3, -0.25) is 9.69 Å². The number of carbonyl (C=O) groups is 1. The third-order valence-corrected chi connectivity index (χ3v) is 6.02. The number of hydrogen-bond acceptors (Lipinski definition) is 4. The zero-order valence-electron chi connectivity index (χ0n) is 18.4. The largest absolute Gasteiger partial charge is 0.434 e. The van der Waals surface area contributed by atoms with E-state index in [1.807, 2.05) is 43.0 Å². The van der Waals surface area contributed by atoms with E-state index in [1.54, 1.807) is 23.1 Å². The molecule has 33 heavy (non-hydrogen) atoms. The second-order valence-corrected chi connectivity index (χ2v) is 8.26. The van der Waals surface area contributed by atoms with E-state index in [1.165, 1.54) is 6.07 Å². The lowest BCUT2D eigenvalue weighted by atomic mass is 9.92. The predicted octanol–water partition coefficient (Wildman–Crippen LogP) is 4.17. The maximum absolute atomic E-state index is 13.7. The molecule has 2 aromatic rings. The van der Waals surface area contributed by atoms with Gasteiger partial charge in [0.05, 0.1) is 24.8 Å². The zero-order chi connectivity index (χ0) is 23.5. The number of benzene rings is 2. The van der Waals surface area contributed by atoms with E-state index in [-0.39, 0.29) is 11.7 Å². The van der Waals surface area contributed by atoms with Crippen molar-refractivity contribution in [2.75, 3.05) is 31.2 Å². The van der Waals surface area contributed by atoms with Crippen LogP contribution in [0.2, 0.25) is 0 Å². The Labute approximate surface area is 196 Å². The Kier molecular flexibility index (Phi) is 6.90. The minimum Gasteiger partial charge on any atom is -0.434 e. The zero-order valence-corrected chi connectivity index (χ0v) is 19.2. The first-order valence-electron chi connectivity index (χ1n) is 10.7. The standard InChI is InChI=1S/C24H25F2N3O3S/c1-15-6-5-7-17(14-15)29-16(2)20(22(30)28-10-12-31-13-11-28)21(27-24(29)33)18-8-3-4-9-19(18)32-23(25)26/h3-9,14,21,23H,10-13H2,1-2H3,(H,27,33). The maximum Gasteiger partial charge on any atom is 0.387 e. The number of hydrogen-bond donors (Lipinski definition) is 1. The van der Waals surface area contributed by atoms with Crippen molar-refractivity contribution in [2.45, 2.75) is 26.5 Å². The summed E-state index contributed by atoms with van der Waals surface area (Å²) < 4.78 is 36.4. The van der Waals surface area contributed by atoms with Crippen LogP contribution in [-0.4, -0.2) is 48.8 Å². The van der Waals surface area contributed by atoms with Crippen molar-refractivity contribution in [3.05, 3.63) is 70.9 Å². The Morgan fingerprint density at radius 3 is 2.58 bits per heavy atom. The molecule has 2 aliphatic rings.